The van der Waals surface area contributed by atoms with E-state index in [1.807, 2.05) is 6.07 Å². The van der Waals surface area contributed by atoms with Crippen molar-refractivity contribution >= 4 is 0 Å². The fourth-order valence-corrected chi connectivity index (χ4v) is 2.94. The maximum Gasteiger partial charge on any atom is 0.126 e. The lowest BCUT2D eigenvalue weighted by Crippen LogP contribution is -2.24. The van der Waals surface area contributed by atoms with E-state index in [1.165, 1.54) is 22.3 Å². The van der Waals surface area contributed by atoms with Crippen LogP contribution in [0, 0.1) is 20.8 Å². The maximum absolute atomic E-state index is 6.35. The van der Waals surface area contributed by atoms with E-state index in [4.69, 9.17) is 10.5 Å². The predicted octanol–water partition coefficient (Wildman–Crippen LogP) is 4.14. The standard InChI is InChI=1S/C18H21NO/c1-11-7-8-17-15(9-11)16(19)10-18(20-17)14-6-4-5-12(2)13(14)3/h4-9,16,18H,10,19H2,1-3H3/t16-,18?/m1/s1. The maximum atomic E-state index is 6.35. The average Bonchev–Trinajstić information content (AvgIpc) is 2.42. The highest BCUT2D eigenvalue weighted by atomic mass is 16.5. The Kier molecular flexibility index (Phi) is 3.27. The predicted molar refractivity (Wildman–Crippen MR) is 82.0 cm³/mol. The van der Waals surface area contributed by atoms with E-state index in [0.717, 1.165) is 17.7 Å². The summed E-state index contributed by atoms with van der Waals surface area (Å²) in [5, 5.41) is 0. The largest absolute Gasteiger partial charge is 0.485 e. The SMILES string of the molecule is Cc1ccc2c(c1)[C@H](N)CC(c1cccc(C)c1C)O2. The summed E-state index contributed by atoms with van der Waals surface area (Å²) in [5.41, 5.74) is 12.6. The molecule has 2 N–H and O–H groups in total. The van der Waals surface area contributed by atoms with Crippen molar-refractivity contribution in [3.8, 4) is 5.75 Å². The molecule has 0 spiro atoms. The van der Waals surface area contributed by atoms with Gasteiger partial charge in [-0.15, -0.1) is 0 Å². The van der Waals surface area contributed by atoms with E-state index in [-0.39, 0.29) is 12.1 Å². The third-order valence-corrected chi connectivity index (χ3v) is 4.30. The third-order valence-electron chi connectivity index (χ3n) is 4.30. The lowest BCUT2D eigenvalue weighted by molar-refractivity contribution is 0.161. The smallest absolute Gasteiger partial charge is 0.126 e. The van der Waals surface area contributed by atoms with Gasteiger partial charge in [0.2, 0.25) is 0 Å². The molecule has 0 saturated carbocycles. The Bertz CT molecular complexity index is 648. The topological polar surface area (TPSA) is 35.2 Å². The van der Waals surface area contributed by atoms with Crippen molar-refractivity contribution in [2.24, 2.45) is 5.73 Å². The molecular weight excluding hydrogens is 246 g/mol. The number of aryl methyl sites for hydroxylation is 2. The fourth-order valence-electron chi connectivity index (χ4n) is 2.94. The first-order valence-corrected chi connectivity index (χ1v) is 7.15. The molecule has 0 saturated heterocycles. The summed E-state index contributed by atoms with van der Waals surface area (Å²) in [7, 11) is 0. The molecule has 2 heteroatoms. The first-order valence-electron chi connectivity index (χ1n) is 7.15. The number of hydrogen-bond donors (Lipinski definition) is 1. The van der Waals surface area contributed by atoms with Crippen molar-refractivity contribution in [2.45, 2.75) is 39.3 Å². The van der Waals surface area contributed by atoms with Crippen molar-refractivity contribution in [3.63, 3.8) is 0 Å². The van der Waals surface area contributed by atoms with Crippen LogP contribution in [-0.2, 0) is 0 Å². The van der Waals surface area contributed by atoms with Crippen LogP contribution in [0.15, 0.2) is 36.4 Å². The lowest BCUT2D eigenvalue weighted by Gasteiger charge is -2.32. The number of ether oxygens (including phenoxy) is 1. The van der Waals surface area contributed by atoms with E-state index >= 15 is 0 Å². The highest BCUT2D eigenvalue weighted by molar-refractivity contribution is 5.43. The minimum Gasteiger partial charge on any atom is -0.485 e. The zero-order chi connectivity index (χ0) is 14.3. The molecule has 104 valence electrons. The van der Waals surface area contributed by atoms with Crippen LogP contribution in [0.25, 0.3) is 0 Å². The van der Waals surface area contributed by atoms with Crippen molar-refractivity contribution in [3.05, 3.63) is 64.2 Å². The molecule has 2 aromatic carbocycles. The molecule has 1 aliphatic rings. The first-order chi connectivity index (χ1) is 9.56. The number of rotatable bonds is 1. The molecule has 0 amide bonds. The Labute approximate surface area is 120 Å². The van der Waals surface area contributed by atoms with Crippen LogP contribution >= 0.6 is 0 Å². The second-order valence-corrected chi connectivity index (χ2v) is 5.78. The second-order valence-electron chi connectivity index (χ2n) is 5.78. The molecule has 0 fully saturated rings. The quantitative estimate of drug-likeness (QED) is 0.843. The molecular formula is C18H21NO. The van der Waals surface area contributed by atoms with E-state index in [0.29, 0.717) is 0 Å². The van der Waals surface area contributed by atoms with Gasteiger partial charge in [-0.1, -0.05) is 35.9 Å². The molecule has 0 aromatic heterocycles. The molecule has 1 unspecified atom stereocenters. The molecule has 0 aliphatic carbocycles. The van der Waals surface area contributed by atoms with Crippen LogP contribution in [0.1, 0.15) is 46.4 Å². The first kappa shape index (κ1) is 13.2. The third kappa shape index (κ3) is 2.20. The van der Waals surface area contributed by atoms with Gasteiger partial charge in [-0.05, 0) is 43.5 Å². The van der Waals surface area contributed by atoms with Gasteiger partial charge in [0.05, 0.1) is 0 Å². The molecule has 3 rings (SSSR count). The van der Waals surface area contributed by atoms with E-state index in [9.17, 15) is 0 Å². The van der Waals surface area contributed by atoms with Crippen LogP contribution in [0.4, 0.5) is 0 Å². The molecule has 1 aliphatic heterocycles. The lowest BCUT2D eigenvalue weighted by atomic mass is 9.90. The molecule has 2 atom stereocenters. The van der Waals surface area contributed by atoms with Crippen LogP contribution < -0.4 is 10.5 Å². The van der Waals surface area contributed by atoms with Crippen molar-refractivity contribution < 1.29 is 4.74 Å². The van der Waals surface area contributed by atoms with Gasteiger partial charge >= 0.3 is 0 Å². The Balaban J connectivity index is 1.99. The van der Waals surface area contributed by atoms with Gasteiger partial charge in [0.1, 0.15) is 11.9 Å². The monoisotopic (exact) mass is 267 g/mol. The summed E-state index contributed by atoms with van der Waals surface area (Å²) in [6.07, 6.45) is 0.890. The van der Waals surface area contributed by atoms with Gasteiger partial charge in [-0.25, -0.2) is 0 Å². The number of nitrogens with two attached hydrogens (primary N) is 1. The molecule has 20 heavy (non-hydrogen) atoms. The van der Waals surface area contributed by atoms with Crippen LogP contribution in [-0.4, -0.2) is 0 Å². The molecule has 1 heterocycles. The number of benzene rings is 2. The minimum absolute atomic E-state index is 0.0450. The Morgan fingerprint density at radius 2 is 1.85 bits per heavy atom. The van der Waals surface area contributed by atoms with Crippen molar-refractivity contribution in [1.82, 2.24) is 0 Å². The van der Waals surface area contributed by atoms with Crippen LogP contribution in [0.3, 0.4) is 0 Å². The van der Waals surface area contributed by atoms with E-state index in [1.54, 1.807) is 0 Å². The Hall–Kier alpha value is -1.80. The normalized spacial score (nSPS) is 21.2. The van der Waals surface area contributed by atoms with Crippen LogP contribution in [0.5, 0.6) is 5.75 Å². The zero-order valence-electron chi connectivity index (χ0n) is 12.3. The average molecular weight is 267 g/mol. The van der Waals surface area contributed by atoms with E-state index < -0.39 is 0 Å². The zero-order valence-corrected chi connectivity index (χ0v) is 12.3. The van der Waals surface area contributed by atoms with Gasteiger partial charge in [0.25, 0.3) is 0 Å². The summed E-state index contributed by atoms with van der Waals surface area (Å²) in [6.45, 7) is 6.38. The van der Waals surface area contributed by atoms with Gasteiger partial charge in [-0.2, -0.15) is 0 Å². The fraction of sp³-hybridized carbons (Fsp3) is 0.333. The van der Waals surface area contributed by atoms with Crippen molar-refractivity contribution in [2.75, 3.05) is 0 Å². The van der Waals surface area contributed by atoms with Gasteiger partial charge in [0, 0.05) is 18.0 Å². The van der Waals surface area contributed by atoms with Gasteiger partial charge < -0.3 is 10.5 Å². The van der Waals surface area contributed by atoms with E-state index in [2.05, 4.69) is 51.1 Å². The summed E-state index contributed by atoms with van der Waals surface area (Å²) in [6, 6.07) is 12.7. The summed E-state index contributed by atoms with van der Waals surface area (Å²) < 4.78 is 6.20. The second kappa shape index (κ2) is 4.95. The minimum atomic E-state index is 0.0450. The number of hydrogen-bond acceptors (Lipinski definition) is 2. The molecule has 0 radical (unpaired) electrons. The Morgan fingerprint density at radius 1 is 1.05 bits per heavy atom. The summed E-state index contributed by atoms with van der Waals surface area (Å²) in [5.74, 6) is 0.931. The van der Waals surface area contributed by atoms with Crippen LogP contribution in [0.2, 0.25) is 0 Å². The molecule has 2 aromatic rings. The molecule has 0 bridgehead atoms. The number of fused-ring (bicyclic) bond motifs is 1. The van der Waals surface area contributed by atoms with Gasteiger partial charge in [-0.3, -0.25) is 0 Å². The molecule has 2 nitrogen and oxygen atoms in total. The van der Waals surface area contributed by atoms with Crippen molar-refractivity contribution in [1.29, 1.82) is 0 Å². The highest BCUT2D eigenvalue weighted by Crippen LogP contribution is 2.41. The van der Waals surface area contributed by atoms with Gasteiger partial charge in [0.15, 0.2) is 0 Å². The summed E-state index contributed by atoms with van der Waals surface area (Å²) in [4.78, 5) is 0. The highest BCUT2D eigenvalue weighted by Gasteiger charge is 2.28. The Morgan fingerprint density at radius 3 is 2.65 bits per heavy atom. The summed E-state index contributed by atoms with van der Waals surface area (Å²) >= 11 is 0.